The quantitative estimate of drug-likeness (QED) is 0.761. The van der Waals surface area contributed by atoms with Gasteiger partial charge in [-0.3, -0.25) is 4.79 Å². The highest BCUT2D eigenvalue weighted by Crippen LogP contribution is 2.63. The fourth-order valence-corrected chi connectivity index (χ4v) is 6.98. The summed E-state index contributed by atoms with van der Waals surface area (Å²) in [6.07, 6.45) is 6.06. The van der Waals surface area contributed by atoms with E-state index in [-0.39, 0.29) is 41.0 Å². The molecule has 5 nitrogen and oxygen atoms in total. The van der Waals surface area contributed by atoms with E-state index in [9.17, 15) is 9.90 Å². The zero-order valence-electron chi connectivity index (χ0n) is 16.6. The lowest BCUT2D eigenvalue weighted by Crippen LogP contribution is -2.61. The second kappa shape index (κ2) is 6.46. The number of methoxy groups -OCH3 is 1. The first kappa shape index (κ1) is 18.7. The third kappa shape index (κ3) is 2.65. The number of aliphatic hydroxyl groups is 1. The molecule has 4 unspecified atom stereocenters. The smallest absolute Gasteiger partial charge is 0.303 e. The summed E-state index contributed by atoms with van der Waals surface area (Å²) in [6.45, 7) is 6.56. The Labute approximate surface area is 156 Å². The van der Waals surface area contributed by atoms with Gasteiger partial charge in [0.2, 0.25) is 0 Å². The van der Waals surface area contributed by atoms with Crippen molar-refractivity contribution in [2.45, 2.75) is 83.7 Å². The molecule has 1 heterocycles. The Morgan fingerprint density at radius 3 is 2.58 bits per heavy atom. The molecule has 0 aromatic carbocycles. The van der Waals surface area contributed by atoms with E-state index >= 15 is 0 Å². The van der Waals surface area contributed by atoms with Crippen LogP contribution < -0.4 is 0 Å². The maximum Gasteiger partial charge on any atom is 0.303 e. The van der Waals surface area contributed by atoms with E-state index in [1.807, 2.05) is 7.11 Å². The predicted molar refractivity (Wildman–Crippen MR) is 96.5 cm³/mol. The maximum atomic E-state index is 11.5. The van der Waals surface area contributed by atoms with Crippen LogP contribution in [-0.2, 0) is 19.0 Å². The molecule has 4 fully saturated rings. The fourth-order valence-electron chi connectivity index (χ4n) is 6.98. The third-order valence-electron chi connectivity index (χ3n) is 8.56. The Morgan fingerprint density at radius 1 is 1.15 bits per heavy atom. The summed E-state index contributed by atoms with van der Waals surface area (Å²) in [6, 6.07) is 0. The van der Waals surface area contributed by atoms with Gasteiger partial charge >= 0.3 is 5.97 Å². The van der Waals surface area contributed by atoms with Gasteiger partial charge in [0, 0.05) is 25.4 Å². The molecule has 0 radical (unpaired) electrons. The second-order valence-electron chi connectivity index (χ2n) is 9.72. The fraction of sp³-hybridized carbons (Fsp3) is 0.952. The third-order valence-corrected chi connectivity index (χ3v) is 8.56. The standard InChI is InChI=1S/C21H34O5/c1-12(22)26-17-11-25-19-18-15(6-8-21(17,19)3)20(2)7-5-14(24-4)9-13(20)10-16(18)23/h13-19,23H,5-11H2,1-4H3/t13?,14-,15?,16-,17-,18?,19?,20-,21+/m0/s1. The summed E-state index contributed by atoms with van der Waals surface area (Å²) < 4.78 is 17.5. The van der Waals surface area contributed by atoms with Crippen molar-refractivity contribution in [3.63, 3.8) is 0 Å². The molecule has 1 N–H and O–H groups in total. The monoisotopic (exact) mass is 366 g/mol. The number of ether oxygens (including phenoxy) is 3. The van der Waals surface area contributed by atoms with Crippen molar-refractivity contribution in [1.29, 1.82) is 0 Å². The lowest BCUT2D eigenvalue weighted by molar-refractivity contribution is -0.194. The minimum Gasteiger partial charge on any atom is -0.459 e. The summed E-state index contributed by atoms with van der Waals surface area (Å²) in [5.74, 6) is 0.905. The highest BCUT2D eigenvalue weighted by atomic mass is 16.6. The molecule has 9 atom stereocenters. The van der Waals surface area contributed by atoms with Crippen LogP contribution >= 0.6 is 0 Å². The lowest BCUT2D eigenvalue weighted by Gasteiger charge is -2.61. The molecule has 148 valence electrons. The average Bonchev–Trinajstić information content (AvgIpc) is 2.91. The van der Waals surface area contributed by atoms with Crippen LogP contribution in [0.15, 0.2) is 0 Å². The van der Waals surface area contributed by atoms with Crippen molar-refractivity contribution in [3.05, 3.63) is 0 Å². The van der Waals surface area contributed by atoms with E-state index in [0.29, 0.717) is 24.5 Å². The van der Waals surface area contributed by atoms with Gasteiger partial charge in [0.1, 0.15) is 6.10 Å². The Morgan fingerprint density at radius 2 is 1.88 bits per heavy atom. The van der Waals surface area contributed by atoms with Crippen LogP contribution in [0.1, 0.15) is 59.3 Å². The van der Waals surface area contributed by atoms with Gasteiger partial charge in [0.25, 0.3) is 0 Å². The Hall–Kier alpha value is -0.650. The Balaban J connectivity index is 1.60. The summed E-state index contributed by atoms with van der Waals surface area (Å²) >= 11 is 0. The van der Waals surface area contributed by atoms with E-state index in [4.69, 9.17) is 14.2 Å². The molecule has 0 bridgehead atoms. The van der Waals surface area contributed by atoms with Crippen LogP contribution in [0.2, 0.25) is 0 Å². The van der Waals surface area contributed by atoms with Gasteiger partial charge in [-0.2, -0.15) is 0 Å². The predicted octanol–water partition coefficient (Wildman–Crippen LogP) is 2.94. The Kier molecular flexibility index (Phi) is 4.64. The summed E-state index contributed by atoms with van der Waals surface area (Å²) in [5.41, 5.74) is 0.0733. The highest BCUT2D eigenvalue weighted by Gasteiger charge is 2.64. The van der Waals surface area contributed by atoms with Crippen LogP contribution in [0.25, 0.3) is 0 Å². The van der Waals surface area contributed by atoms with Crippen LogP contribution in [0.4, 0.5) is 0 Å². The molecular weight excluding hydrogens is 332 g/mol. The topological polar surface area (TPSA) is 65.0 Å². The first-order chi connectivity index (χ1) is 12.3. The summed E-state index contributed by atoms with van der Waals surface area (Å²) in [5, 5.41) is 11.1. The lowest BCUT2D eigenvalue weighted by atomic mass is 9.45. The molecule has 1 aliphatic heterocycles. The van der Waals surface area contributed by atoms with Gasteiger partial charge < -0.3 is 19.3 Å². The van der Waals surface area contributed by atoms with Gasteiger partial charge in [-0.15, -0.1) is 0 Å². The second-order valence-corrected chi connectivity index (χ2v) is 9.72. The van der Waals surface area contributed by atoms with E-state index in [0.717, 1.165) is 32.1 Å². The molecule has 5 heteroatoms. The molecular formula is C21H34O5. The van der Waals surface area contributed by atoms with Crippen LogP contribution in [0.5, 0.6) is 0 Å². The van der Waals surface area contributed by atoms with Gasteiger partial charge in [-0.1, -0.05) is 13.8 Å². The van der Waals surface area contributed by atoms with Gasteiger partial charge in [-0.25, -0.2) is 0 Å². The van der Waals surface area contributed by atoms with E-state index < -0.39 is 0 Å². The molecule has 4 rings (SSSR count). The largest absolute Gasteiger partial charge is 0.459 e. The number of fused-ring (bicyclic) bond motifs is 5. The number of hydrogen-bond donors (Lipinski definition) is 1. The van der Waals surface area contributed by atoms with Crippen molar-refractivity contribution in [2.24, 2.45) is 28.6 Å². The van der Waals surface area contributed by atoms with Gasteiger partial charge in [-0.05, 0) is 55.8 Å². The molecule has 3 aliphatic carbocycles. The molecule has 26 heavy (non-hydrogen) atoms. The van der Waals surface area contributed by atoms with Crippen molar-refractivity contribution in [3.8, 4) is 0 Å². The maximum absolute atomic E-state index is 11.5. The number of carbonyl (C=O) groups excluding carboxylic acids is 1. The number of esters is 1. The van der Waals surface area contributed by atoms with Crippen molar-refractivity contribution in [2.75, 3.05) is 13.7 Å². The molecule has 3 saturated carbocycles. The molecule has 0 amide bonds. The minimum absolute atomic E-state index is 0.0153. The first-order valence-electron chi connectivity index (χ1n) is 10.3. The zero-order valence-corrected chi connectivity index (χ0v) is 16.6. The molecule has 4 aliphatic rings. The number of hydrogen-bond acceptors (Lipinski definition) is 5. The van der Waals surface area contributed by atoms with E-state index in [2.05, 4.69) is 13.8 Å². The van der Waals surface area contributed by atoms with Crippen molar-refractivity contribution < 1.29 is 24.1 Å². The summed E-state index contributed by atoms with van der Waals surface area (Å²) in [4.78, 5) is 11.5. The molecule has 0 spiro atoms. The van der Waals surface area contributed by atoms with Crippen molar-refractivity contribution >= 4 is 5.97 Å². The minimum atomic E-state index is -0.339. The summed E-state index contributed by atoms with van der Waals surface area (Å²) in [7, 11) is 1.81. The van der Waals surface area contributed by atoms with E-state index in [1.165, 1.54) is 13.3 Å². The van der Waals surface area contributed by atoms with Gasteiger partial charge in [0.05, 0.1) is 24.9 Å². The number of carbonyl (C=O) groups is 1. The SMILES string of the molecule is CO[C@H]1CC[C@@]2(C)C(C1)C[C@H](O)C1C2CC[C@@]2(C)C1OC[C@@H]2OC(C)=O. The normalized spacial score (nSPS) is 53.3. The van der Waals surface area contributed by atoms with Crippen LogP contribution in [-0.4, -0.2) is 49.2 Å². The first-order valence-corrected chi connectivity index (χ1v) is 10.3. The average molecular weight is 366 g/mol. The molecule has 0 aromatic rings. The molecule has 0 aromatic heterocycles. The Bertz CT molecular complexity index is 565. The van der Waals surface area contributed by atoms with E-state index in [1.54, 1.807) is 0 Å². The van der Waals surface area contributed by atoms with Crippen LogP contribution in [0, 0.1) is 28.6 Å². The number of aliphatic hydroxyl groups excluding tert-OH is 1. The number of rotatable bonds is 2. The molecule has 1 saturated heterocycles. The van der Waals surface area contributed by atoms with Gasteiger partial charge in [0.15, 0.2) is 0 Å². The zero-order chi connectivity index (χ0) is 18.7. The highest BCUT2D eigenvalue weighted by molar-refractivity contribution is 5.66. The van der Waals surface area contributed by atoms with Crippen molar-refractivity contribution in [1.82, 2.24) is 0 Å². The van der Waals surface area contributed by atoms with Crippen LogP contribution in [0.3, 0.4) is 0 Å².